The molecule has 1 aromatic carbocycles. The monoisotopic (exact) mass is 238 g/mol. The van der Waals surface area contributed by atoms with Crippen molar-refractivity contribution in [2.24, 2.45) is 5.92 Å². The van der Waals surface area contributed by atoms with Crippen molar-refractivity contribution in [3.63, 3.8) is 0 Å². The predicted molar refractivity (Wildman–Crippen MR) is 64.3 cm³/mol. The topological polar surface area (TPSA) is 26.3 Å². The van der Waals surface area contributed by atoms with Gasteiger partial charge in [0.15, 0.2) is 5.78 Å². The summed E-state index contributed by atoms with van der Waals surface area (Å²) in [6.07, 6.45) is 4.37. The molecule has 0 atom stereocenters. The van der Waals surface area contributed by atoms with Crippen molar-refractivity contribution in [2.45, 2.75) is 25.7 Å². The van der Waals surface area contributed by atoms with E-state index in [1.807, 2.05) is 0 Å². The summed E-state index contributed by atoms with van der Waals surface area (Å²) in [4.78, 5) is 12.1. The Hall–Kier alpha value is -1.02. The fourth-order valence-electron chi connectivity index (χ4n) is 2.24. The van der Waals surface area contributed by atoms with Crippen molar-refractivity contribution in [2.75, 3.05) is 7.11 Å². The smallest absolute Gasteiger partial charge is 0.166 e. The van der Waals surface area contributed by atoms with Gasteiger partial charge in [-0.05, 0) is 31.0 Å². The maximum Gasteiger partial charge on any atom is 0.166 e. The lowest BCUT2D eigenvalue weighted by Crippen LogP contribution is -2.10. The summed E-state index contributed by atoms with van der Waals surface area (Å²) in [5.74, 6) is 1.00. The number of ketones is 1. The predicted octanol–water partition coefficient (Wildman–Crippen LogP) is 3.72. The molecule has 1 aliphatic carbocycles. The first-order valence-electron chi connectivity index (χ1n) is 5.60. The lowest BCUT2D eigenvalue weighted by molar-refractivity contribution is 0.0922. The Morgan fingerprint density at radius 2 is 2.06 bits per heavy atom. The normalized spacial score (nSPS) is 16.4. The minimum absolute atomic E-state index is 0.200. The number of rotatable bonds is 3. The quantitative estimate of drug-likeness (QED) is 0.751. The van der Waals surface area contributed by atoms with E-state index in [1.165, 1.54) is 12.8 Å². The van der Waals surface area contributed by atoms with Crippen LogP contribution in [0.2, 0.25) is 5.02 Å². The molecule has 3 heteroatoms. The Balaban J connectivity index is 2.22. The Bertz CT molecular complexity index is 395. The zero-order chi connectivity index (χ0) is 11.5. The third kappa shape index (κ3) is 2.22. The van der Waals surface area contributed by atoms with Gasteiger partial charge in [-0.1, -0.05) is 24.4 Å². The van der Waals surface area contributed by atoms with Crippen LogP contribution in [0.15, 0.2) is 18.2 Å². The molecular formula is C13H15ClO2. The molecule has 0 aromatic heterocycles. The summed E-state index contributed by atoms with van der Waals surface area (Å²) in [6.45, 7) is 0. The number of methoxy groups -OCH3 is 1. The zero-order valence-electron chi connectivity index (χ0n) is 9.33. The SMILES string of the molecule is COc1cc(C(=O)C2CCCC2)ccc1Cl. The first-order chi connectivity index (χ1) is 7.72. The number of carbonyl (C=O) groups is 1. The second-order valence-corrected chi connectivity index (χ2v) is 4.60. The van der Waals surface area contributed by atoms with E-state index < -0.39 is 0 Å². The van der Waals surface area contributed by atoms with Crippen LogP contribution in [0.3, 0.4) is 0 Å². The average molecular weight is 239 g/mol. The van der Waals surface area contributed by atoms with Crippen molar-refractivity contribution in [1.29, 1.82) is 0 Å². The maximum atomic E-state index is 12.1. The second kappa shape index (κ2) is 4.88. The van der Waals surface area contributed by atoms with E-state index in [1.54, 1.807) is 25.3 Å². The Kier molecular flexibility index (Phi) is 3.49. The molecule has 2 nitrogen and oxygen atoms in total. The molecular weight excluding hydrogens is 224 g/mol. The van der Waals surface area contributed by atoms with E-state index in [0.717, 1.165) is 12.8 Å². The molecule has 16 heavy (non-hydrogen) atoms. The van der Waals surface area contributed by atoms with Gasteiger partial charge in [0.05, 0.1) is 12.1 Å². The van der Waals surface area contributed by atoms with Crippen LogP contribution in [0, 0.1) is 5.92 Å². The summed E-state index contributed by atoms with van der Waals surface area (Å²) in [7, 11) is 1.56. The molecule has 0 aliphatic heterocycles. The molecule has 0 unspecified atom stereocenters. The Morgan fingerprint density at radius 3 is 2.69 bits per heavy atom. The van der Waals surface area contributed by atoms with Crippen molar-refractivity contribution in [1.82, 2.24) is 0 Å². The highest BCUT2D eigenvalue weighted by Crippen LogP contribution is 2.31. The number of ether oxygens (including phenoxy) is 1. The van der Waals surface area contributed by atoms with Crippen LogP contribution < -0.4 is 4.74 Å². The van der Waals surface area contributed by atoms with Crippen molar-refractivity contribution < 1.29 is 9.53 Å². The molecule has 2 rings (SSSR count). The standard InChI is InChI=1S/C13H15ClO2/c1-16-12-8-10(6-7-11(12)14)13(15)9-4-2-3-5-9/h6-9H,2-5H2,1H3. The van der Waals surface area contributed by atoms with E-state index in [2.05, 4.69) is 0 Å². The van der Waals surface area contributed by atoms with Gasteiger partial charge in [0.1, 0.15) is 5.75 Å². The van der Waals surface area contributed by atoms with Crippen molar-refractivity contribution >= 4 is 17.4 Å². The molecule has 0 radical (unpaired) electrons. The first kappa shape index (κ1) is 11.5. The number of hydrogen-bond acceptors (Lipinski definition) is 2. The third-order valence-corrected chi connectivity index (χ3v) is 3.47. The number of benzene rings is 1. The van der Waals surface area contributed by atoms with Crippen LogP contribution in [-0.4, -0.2) is 12.9 Å². The van der Waals surface area contributed by atoms with Crippen molar-refractivity contribution in [3.05, 3.63) is 28.8 Å². The van der Waals surface area contributed by atoms with Gasteiger partial charge in [-0.15, -0.1) is 0 Å². The fourth-order valence-corrected chi connectivity index (χ4v) is 2.43. The van der Waals surface area contributed by atoms with E-state index in [0.29, 0.717) is 16.3 Å². The molecule has 0 bridgehead atoms. The van der Waals surface area contributed by atoms with E-state index in [-0.39, 0.29) is 11.7 Å². The molecule has 0 amide bonds. The number of Topliss-reactive ketones (excluding diaryl/α,β-unsaturated/α-hetero) is 1. The molecule has 86 valence electrons. The minimum Gasteiger partial charge on any atom is -0.495 e. The summed E-state index contributed by atoms with van der Waals surface area (Å²) < 4.78 is 5.11. The number of hydrogen-bond donors (Lipinski definition) is 0. The average Bonchev–Trinajstić information content (AvgIpc) is 2.82. The summed E-state index contributed by atoms with van der Waals surface area (Å²) in [5.41, 5.74) is 0.716. The van der Waals surface area contributed by atoms with E-state index in [9.17, 15) is 4.79 Å². The molecule has 0 N–H and O–H groups in total. The Morgan fingerprint density at radius 1 is 1.38 bits per heavy atom. The molecule has 1 saturated carbocycles. The minimum atomic E-state index is 0.200. The van der Waals surface area contributed by atoms with Gasteiger partial charge in [0, 0.05) is 11.5 Å². The number of carbonyl (C=O) groups excluding carboxylic acids is 1. The van der Waals surface area contributed by atoms with Crippen LogP contribution in [0.5, 0.6) is 5.75 Å². The lowest BCUT2D eigenvalue weighted by Gasteiger charge is -2.09. The highest BCUT2D eigenvalue weighted by Gasteiger charge is 2.24. The molecule has 1 aliphatic rings. The highest BCUT2D eigenvalue weighted by molar-refractivity contribution is 6.32. The molecule has 0 spiro atoms. The largest absolute Gasteiger partial charge is 0.495 e. The van der Waals surface area contributed by atoms with Gasteiger partial charge < -0.3 is 4.74 Å². The maximum absolute atomic E-state index is 12.1. The van der Waals surface area contributed by atoms with E-state index >= 15 is 0 Å². The summed E-state index contributed by atoms with van der Waals surface area (Å²) in [6, 6.07) is 5.25. The summed E-state index contributed by atoms with van der Waals surface area (Å²) in [5, 5.41) is 0.547. The molecule has 1 fully saturated rings. The number of halogens is 1. The van der Waals surface area contributed by atoms with Gasteiger partial charge in [-0.25, -0.2) is 0 Å². The molecule has 0 heterocycles. The van der Waals surface area contributed by atoms with Gasteiger partial charge >= 0.3 is 0 Å². The van der Waals surface area contributed by atoms with Gasteiger partial charge in [-0.3, -0.25) is 4.79 Å². The van der Waals surface area contributed by atoms with Crippen LogP contribution >= 0.6 is 11.6 Å². The molecule has 1 aromatic rings. The second-order valence-electron chi connectivity index (χ2n) is 4.19. The van der Waals surface area contributed by atoms with Crippen molar-refractivity contribution in [3.8, 4) is 5.75 Å². The lowest BCUT2D eigenvalue weighted by atomic mass is 9.96. The fraction of sp³-hybridized carbons (Fsp3) is 0.462. The zero-order valence-corrected chi connectivity index (χ0v) is 10.1. The van der Waals surface area contributed by atoms with Crippen LogP contribution in [0.25, 0.3) is 0 Å². The van der Waals surface area contributed by atoms with Crippen LogP contribution in [0.1, 0.15) is 36.0 Å². The third-order valence-electron chi connectivity index (χ3n) is 3.16. The summed E-state index contributed by atoms with van der Waals surface area (Å²) >= 11 is 5.92. The highest BCUT2D eigenvalue weighted by atomic mass is 35.5. The van der Waals surface area contributed by atoms with E-state index in [4.69, 9.17) is 16.3 Å². The molecule has 0 saturated heterocycles. The van der Waals surface area contributed by atoms with Crippen LogP contribution in [0.4, 0.5) is 0 Å². The first-order valence-corrected chi connectivity index (χ1v) is 5.98. The van der Waals surface area contributed by atoms with Gasteiger partial charge in [-0.2, -0.15) is 0 Å². The van der Waals surface area contributed by atoms with Gasteiger partial charge in [0.25, 0.3) is 0 Å². The van der Waals surface area contributed by atoms with Crippen LogP contribution in [-0.2, 0) is 0 Å². The Labute approximate surface area is 101 Å². The van der Waals surface area contributed by atoms with Gasteiger partial charge in [0.2, 0.25) is 0 Å².